The summed E-state index contributed by atoms with van der Waals surface area (Å²) < 4.78 is 11.9. The SMILES string of the molecule is C#Cc1ccc(CF)cc1. The predicted molar refractivity (Wildman–Crippen MR) is 39.2 cm³/mol. The molecular formula is C9H7F. The van der Waals surface area contributed by atoms with Gasteiger partial charge in [-0.1, -0.05) is 18.1 Å². The third-order valence-corrected chi connectivity index (χ3v) is 1.27. The second kappa shape index (κ2) is 3.03. The molecule has 0 radical (unpaired) electrons. The van der Waals surface area contributed by atoms with Gasteiger partial charge in [-0.2, -0.15) is 0 Å². The minimum Gasteiger partial charge on any atom is -0.246 e. The van der Waals surface area contributed by atoms with E-state index >= 15 is 0 Å². The molecular weight excluding hydrogens is 127 g/mol. The first-order valence-electron chi connectivity index (χ1n) is 2.98. The van der Waals surface area contributed by atoms with Gasteiger partial charge in [-0.3, -0.25) is 0 Å². The normalized spacial score (nSPS) is 8.80. The van der Waals surface area contributed by atoms with Gasteiger partial charge in [0.1, 0.15) is 6.67 Å². The molecule has 0 saturated heterocycles. The lowest BCUT2D eigenvalue weighted by Gasteiger charge is -1.92. The molecule has 0 heterocycles. The van der Waals surface area contributed by atoms with Gasteiger partial charge in [-0.15, -0.1) is 6.42 Å². The van der Waals surface area contributed by atoms with Crippen LogP contribution in [0.15, 0.2) is 24.3 Å². The van der Waals surface area contributed by atoms with E-state index in [0.717, 1.165) is 5.56 Å². The van der Waals surface area contributed by atoms with Gasteiger partial charge in [0.15, 0.2) is 0 Å². The second-order valence-electron chi connectivity index (χ2n) is 1.97. The summed E-state index contributed by atoms with van der Waals surface area (Å²) in [5, 5.41) is 0. The molecule has 50 valence electrons. The van der Waals surface area contributed by atoms with E-state index in [0.29, 0.717) is 5.56 Å². The van der Waals surface area contributed by atoms with Crippen LogP contribution in [0.2, 0.25) is 0 Å². The van der Waals surface area contributed by atoms with Gasteiger partial charge >= 0.3 is 0 Å². The van der Waals surface area contributed by atoms with Gasteiger partial charge in [0.2, 0.25) is 0 Å². The first kappa shape index (κ1) is 6.82. The Balaban J connectivity index is 2.93. The maximum absolute atomic E-state index is 11.9. The van der Waals surface area contributed by atoms with Gasteiger partial charge in [-0.25, -0.2) is 4.39 Å². The fourth-order valence-electron chi connectivity index (χ4n) is 0.690. The Hall–Kier alpha value is -1.29. The third kappa shape index (κ3) is 1.35. The summed E-state index contributed by atoms with van der Waals surface area (Å²) in [6.07, 6.45) is 5.10. The molecule has 1 aromatic rings. The lowest BCUT2D eigenvalue weighted by Crippen LogP contribution is -1.77. The van der Waals surface area contributed by atoms with Crippen LogP contribution in [0.1, 0.15) is 11.1 Å². The quantitative estimate of drug-likeness (QED) is 0.516. The molecule has 0 atom stereocenters. The van der Waals surface area contributed by atoms with Gasteiger partial charge in [-0.05, 0) is 17.7 Å². The van der Waals surface area contributed by atoms with Crippen LogP contribution < -0.4 is 0 Å². The molecule has 0 saturated carbocycles. The van der Waals surface area contributed by atoms with E-state index in [1.807, 2.05) is 0 Å². The minimum atomic E-state index is -0.426. The zero-order chi connectivity index (χ0) is 7.40. The summed E-state index contributed by atoms with van der Waals surface area (Å²) in [6, 6.07) is 6.84. The van der Waals surface area contributed by atoms with Crippen molar-refractivity contribution in [1.29, 1.82) is 0 Å². The van der Waals surface area contributed by atoms with Gasteiger partial charge < -0.3 is 0 Å². The average molecular weight is 134 g/mol. The van der Waals surface area contributed by atoms with Crippen LogP contribution in [0.5, 0.6) is 0 Å². The van der Waals surface area contributed by atoms with Crippen LogP contribution in [-0.2, 0) is 6.67 Å². The predicted octanol–water partition coefficient (Wildman–Crippen LogP) is 2.14. The van der Waals surface area contributed by atoms with Crippen molar-refractivity contribution in [3.8, 4) is 12.3 Å². The molecule has 1 aromatic carbocycles. The fraction of sp³-hybridized carbons (Fsp3) is 0.111. The van der Waals surface area contributed by atoms with Crippen molar-refractivity contribution in [3.05, 3.63) is 35.4 Å². The van der Waals surface area contributed by atoms with Gasteiger partial charge in [0.05, 0.1) is 0 Å². The molecule has 0 nitrogen and oxygen atoms in total. The van der Waals surface area contributed by atoms with Crippen molar-refractivity contribution in [3.63, 3.8) is 0 Å². The highest BCUT2D eigenvalue weighted by atomic mass is 19.1. The first-order chi connectivity index (χ1) is 4.86. The second-order valence-corrected chi connectivity index (χ2v) is 1.97. The summed E-state index contributed by atoms with van der Waals surface area (Å²) in [5.74, 6) is 2.46. The number of hydrogen-bond donors (Lipinski definition) is 0. The van der Waals surface area contributed by atoms with Crippen LogP contribution in [-0.4, -0.2) is 0 Å². The molecule has 0 amide bonds. The van der Waals surface area contributed by atoms with Crippen molar-refractivity contribution < 1.29 is 4.39 Å². The van der Waals surface area contributed by atoms with E-state index in [2.05, 4.69) is 5.92 Å². The summed E-state index contributed by atoms with van der Waals surface area (Å²) in [7, 11) is 0. The van der Waals surface area contributed by atoms with Gasteiger partial charge in [0.25, 0.3) is 0 Å². The lowest BCUT2D eigenvalue weighted by atomic mass is 10.2. The fourth-order valence-corrected chi connectivity index (χ4v) is 0.690. The number of benzene rings is 1. The van der Waals surface area contributed by atoms with Gasteiger partial charge in [0, 0.05) is 5.56 Å². The molecule has 1 rings (SSSR count). The van der Waals surface area contributed by atoms with Crippen LogP contribution in [0.3, 0.4) is 0 Å². The number of hydrogen-bond acceptors (Lipinski definition) is 0. The van der Waals surface area contributed by atoms with E-state index in [-0.39, 0.29) is 0 Å². The third-order valence-electron chi connectivity index (χ3n) is 1.27. The molecule has 0 aliphatic carbocycles. The van der Waals surface area contributed by atoms with Crippen LogP contribution in [0.4, 0.5) is 4.39 Å². The Bertz CT molecular complexity index is 240. The maximum atomic E-state index is 11.9. The Kier molecular flexibility index (Phi) is 2.07. The zero-order valence-corrected chi connectivity index (χ0v) is 5.47. The van der Waals surface area contributed by atoms with Crippen molar-refractivity contribution in [1.82, 2.24) is 0 Å². The molecule has 0 unspecified atom stereocenters. The highest BCUT2D eigenvalue weighted by Crippen LogP contribution is 2.03. The summed E-state index contributed by atoms with van der Waals surface area (Å²) in [4.78, 5) is 0. The van der Waals surface area contributed by atoms with Crippen LogP contribution in [0.25, 0.3) is 0 Å². The van der Waals surface area contributed by atoms with Crippen molar-refractivity contribution in [2.24, 2.45) is 0 Å². The Morgan fingerprint density at radius 1 is 1.30 bits per heavy atom. The van der Waals surface area contributed by atoms with E-state index < -0.39 is 6.67 Å². The van der Waals surface area contributed by atoms with Crippen LogP contribution in [0, 0.1) is 12.3 Å². The van der Waals surface area contributed by atoms with Crippen LogP contribution >= 0.6 is 0 Å². The van der Waals surface area contributed by atoms with E-state index in [1.165, 1.54) is 0 Å². The van der Waals surface area contributed by atoms with E-state index in [9.17, 15) is 4.39 Å². The average Bonchev–Trinajstić information content (AvgIpc) is 2.05. The van der Waals surface area contributed by atoms with Crippen molar-refractivity contribution in [2.45, 2.75) is 6.67 Å². The maximum Gasteiger partial charge on any atom is 0.115 e. The first-order valence-corrected chi connectivity index (χ1v) is 2.98. The Labute approximate surface area is 59.7 Å². The van der Waals surface area contributed by atoms with Crippen molar-refractivity contribution in [2.75, 3.05) is 0 Å². The molecule has 0 fully saturated rings. The molecule has 10 heavy (non-hydrogen) atoms. The minimum absolute atomic E-state index is 0.426. The number of halogens is 1. The molecule has 0 aliphatic heterocycles. The largest absolute Gasteiger partial charge is 0.246 e. The van der Waals surface area contributed by atoms with E-state index in [4.69, 9.17) is 6.42 Å². The topological polar surface area (TPSA) is 0 Å². The summed E-state index contributed by atoms with van der Waals surface area (Å²) in [6.45, 7) is -0.426. The highest BCUT2D eigenvalue weighted by Gasteiger charge is 1.88. The molecule has 0 bridgehead atoms. The Morgan fingerprint density at radius 2 is 1.90 bits per heavy atom. The molecule has 0 spiro atoms. The zero-order valence-electron chi connectivity index (χ0n) is 5.47. The van der Waals surface area contributed by atoms with E-state index in [1.54, 1.807) is 24.3 Å². The lowest BCUT2D eigenvalue weighted by molar-refractivity contribution is 0.485. The monoisotopic (exact) mass is 134 g/mol. The number of terminal acetylenes is 1. The molecule has 0 N–H and O–H groups in total. The number of rotatable bonds is 1. The Morgan fingerprint density at radius 3 is 2.30 bits per heavy atom. The number of alkyl halides is 1. The van der Waals surface area contributed by atoms with Crippen molar-refractivity contribution >= 4 is 0 Å². The highest BCUT2D eigenvalue weighted by molar-refractivity contribution is 5.33. The summed E-state index contributed by atoms with van der Waals surface area (Å²) in [5.41, 5.74) is 1.45. The smallest absolute Gasteiger partial charge is 0.115 e. The standard InChI is InChI=1S/C9H7F/c1-2-8-3-5-9(7-10)6-4-8/h1,3-6H,7H2. The molecule has 1 heteroatoms. The summed E-state index contributed by atoms with van der Waals surface area (Å²) >= 11 is 0. The molecule has 0 aliphatic rings. The molecule has 0 aromatic heterocycles.